The molecule has 4 rings (SSSR count). The van der Waals surface area contributed by atoms with Gasteiger partial charge in [0.1, 0.15) is 12.3 Å². The first-order valence-corrected chi connectivity index (χ1v) is 11.5. The van der Waals surface area contributed by atoms with E-state index in [9.17, 15) is 18.0 Å². The molecule has 0 aliphatic carbocycles. The molecule has 0 radical (unpaired) electrons. The second-order valence-corrected chi connectivity index (χ2v) is 8.54. The van der Waals surface area contributed by atoms with Crippen molar-refractivity contribution in [1.29, 1.82) is 0 Å². The quantitative estimate of drug-likeness (QED) is 0.275. The Kier molecular flexibility index (Phi) is 9.19. The Hall–Kier alpha value is -3.82. The Labute approximate surface area is 224 Å². The molecule has 0 fully saturated rings. The maximum atomic E-state index is 13.4. The van der Waals surface area contributed by atoms with E-state index < -0.39 is 17.3 Å². The highest BCUT2D eigenvalue weighted by Crippen LogP contribution is 2.34. The number of rotatable bonds is 8. The summed E-state index contributed by atoms with van der Waals surface area (Å²) in [7, 11) is 5.44. The highest BCUT2D eigenvalue weighted by Gasteiger charge is 2.30. The van der Waals surface area contributed by atoms with Crippen LogP contribution in [-0.2, 0) is 6.18 Å². The molecule has 0 aliphatic heterocycles. The molecule has 38 heavy (non-hydrogen) atoms. The number of methoxy groups -OCH3 is 1. The van der Waals surface area contributed by atoms with Gasteiger partial charge in [0, 0.05) is 18.3 Å². The molecule has 10 heteroatoms. The zero-order valence-electron chi connectivity index (χ0n) is 21.0. The van der Waals surface area contributed by atoms with E-state index in [0.29, 0.717) is 47.1 Å². The molecule has 2 aromatic carbocycles. The Morgan fingerprint density at radius 3 is 2.39 bits per heavy atom. The lowest BCUT2D eigenvalue weighted by Crippen LogP contribution is -2.19. The van der Waals surface area contributed by atoms with Crippen LogP contribution in [-0.4, -0.2) is 48.6 Å². The van der Waals surface area contributed by atoms with Crippen LogP contribution < -0.4 is 15.0 Å². The lowest BCUT2D eigenvalue weighted by atomic mass is 10.0. The molecule has 2 aromatic heterocycles. The monoisotopic (exact) mass is 545 g/mol. The fourth-order valence-electron chi connectivity index (χ4n) is 3.80. The summed E-state index contributed by atoms with van der Waals surface area (Å²) >= 11 is 0. The molecule has 0 spiro atoms. The summed E-state index contributed by atoms with van der Waals surface area (Å²) in [6, 6.07) is 15.1. The molecule has 0 bridgehead atoms. The van der Waals surface area contributed by atoms with Crippen LogP contribution >= 0.6 is 12.4 Å². The van der Waals surface area contributed by atoms with Crippen LogP contribution in [0.5, 0.6) is 11.5 Å². The number of alkyl halides is 3. The molecular formula is C28H27ClF3N3O3. The Balaban J connectivity index is 0.00000400. The Morgan fingerprint density at radius 2 is 1.74 bits per heavy atom. The summed E-state index contributed by atoms with van der Waals surface area (Å²) in [5.74, 6) is 1.09. The van der Waals surface area contributed by atoms with Gasteiger partial charge in [0.2, 0.25) is 0 Å². The maximum Gasteiger partial charge on any atom is 0.416 e. The summed E-state index contributed by atoms with van der Waals surface area (Å²) in [6.45, 7) is 1.13. The third kappa shape index (κ3) is 6.35. The van der Waals surface area contributed by atoms with E-state index in [1.54, 1.807) is 49.7 Å². The SMILES string of the molecule is COc1cccc(C=Cc2nc3ccccn3c(=O)c2-c2ccc(C(F)(F)F)cc2)c1OCCN(C)C.Cl. The maximum absolute atomic E-state index is 13.4. The molecule has 0 aliphatic rings. The molecular weight excluding hydrogens is 519 g/mol. The molecule has 6 nitrogen and oxygen atoms in total. The van der Waals surface area contributed by atoms with E-state index >= 15 is 0 Å². The number of nitrogens with zero attached hydrogens (tertiary/aromatic N) is 3. The minimum Gasteiger partial charge on any atom is -0.493 e. The van der Waals surface area contributed by atoms with Gasteiger partial charge in [-0.1, -0.05) is 30.3 Å². The third-order valence-electron chi connectivity index (χ3n) is 5.70. The molecule has 0 N–H and O–H groups in total. The van der Waals surface area contributed by atoms with E-state index in [1.165, 1.54) is 16.5 Å². The average Bonchev–Trinajstić information content (AvgIpc) is 2.87. The van der Waals surface area contributed by atoms with Crippen molar-refractivity contribution in [1.82, 2.24) is 14.3 Å². The minimum atomic E-state index is -4.48. The van der Waals surface area contributed by atoms with Gasteiger partial charge < -0.3 is 14.4 Å². The lowest BCUT2D eigenvalue weighted by molar-refractivity contribution is -0.137. The lowest BCUT2D eigenvalue weighted by Gasteiger charge is -2.15. The van der Waals surface area contributed by atoms with E-state index in [2.05, 4.69) is 4.98 Å². The number of fused-ring (bicyclic) bond motifs is 1. The summed E-state index contributed by atoms with van der Waals surface area (Å²) < 4.78 is 52.2. The van der Waals surface area contributed by atoms with E-state index in [4.69, 9.17) is 9.47 Å². The average molecular weight is 546 g/mol. The first kappa shape index (κ1) is 28.7. The topological polar surface area (TPSA) is 56.1 Å². The van der Waals surface area contributed by atoms with Crippen molar-refractivity contribution in [3.63, 3.8) is 0 Å². The van der Waals surface area contributed by atoms with Gasteiger partial charge in [0.25, 0.3) is 5.56 Å². The van der Waals surface area contributed by atoms with Gasteiger partial charge >= 0.3 is 6.18 Å². The number of hydrogen-bond donors (Lipinski definition) is 0. The van der Waals surface area contributed by atoms with E-state index in [-0.39, 0.29) is 18.0 Å². The van der Waals surface area contributed by atoms with Crippen molar-refractivity contribution >= 4 is 30.2 Å². The fraction of sp³-hybridized carbons (Fsp3) is 0.214. The van der Waals surface area contributed by atoms with Gasteiger partial charge in [-0.05, 0) is 62.1 Å². The smallest absolute Gasteiger partial charge is 0.416 e. The standard InChI is InChI=1S/C28H26F3N3O3.ClH/c1-33(2)17-18-37-26-20(7-6-8-23(26)36-3)12-15-22-25(19-10-13-21(14-11-19)28(29,30)31)27(35)34-16-5-4-9-24(34)32-22;/h4-16H,17-18H2,1-3H3;1H. The number of ether oxygens (including phenoxy) is 2. The number of para-hydroxylation sites is 1. The summed E-state index contributed by atoms with van der Waals surface area (Å²) in [5, 5.41) is 0. The molecule has 4 aromatic rings. The van der Waals surface area contributed by atoms with Crippen molar-refractivity contribution in [3.05, 3.63) is 94.0 Å². The van der Waals surface area contributed by atoms with Crippen LogP contribution in [0.2, 0.25) is 0 Å². The highest BCUT2D eigenvalue weighted by atomic mass is 35.5. The molecule has 0 unspecified atom stereocenters. The molecule has 0 atom stereocenters. The number of benzene rings is 2. The zero-order valence-corrected chi connectivity index (χ0v) is 21.8. The minimum absolute atomic E-state index is 0. The first-order valence-electron chi connectivity index (χ1n) is 11.5. The normalized spacial score (nSPS) is 11.7. The van der Waals surface area contributed by atoms with Gasteiger partial charge in [-0.3, -0.25) is 9.20 Å². The van der Waals surface area contributed by atoms with Gasteiger partial charge in [-0.2, -0.15) is 13.2 Å². The van der Waals surface area contributed by atoms with Crippen LogP contribution in [0.4, 0.5) is 13.2 Å². The largest absolute Gasteiger partial charge is 0.493 e. The van der Waals surface area contributed by atoms with Crippen LogP contribution in [0, 0.1) is 0 Å². The van der Waals surface area contributed by atoms with E-state index in [1.807, 2.05) is 31.1 Å². The van der Waals surface area contributed by atoms with Crippen molar-refractivity contribution in [2.45, 2.75) is 6.18 Å². The van der Waals surface area contributed by atoms with Gasteiger partial charge in [-0.25, -0.2) is 4.98 Å². The number of pyridine rings is 1. The molecule has 200 valence electrons. The zero-order chi connectivity index (χ0) is 26.6. The number of likely N-dealkylation sites (N-methyl/N-ethyl adjacent to an activating group) is 1. The van der Waals surface area contributed by atoms with Crippen molar-refractivity contribution < 1.29 is 22.6 Å². The fourth-order valence-corrected chi connectivity index (χ4v) is 3.80. The summed E-state index contributed by atoms with van der Waals surface area (Å²) in [4.78, 5) is 20.1. The second-order valence-electron chi connectivity index (χ2n) is 8.54. The van der Waals surface area contributed by atoms with Crippen molar-refractivity contribution in [3.8, 4) is 22.6 Å². The third-order valence-corrected chi connectivity index (χ3v) is 5.70. The molecule has 0 saturated heterocycles. The molecule has 0 amide bonds. The summed E-state index contributed by atoms with van der Waals surface area (Å²) in [6.07, 6.45) is 0.509. The van der Waals surface area contributed by atoms with Crippen molar-refractivity contribution in [2.24, 2.45) is 0 Å². The van der Waals surface area contributed by atoms with Gasteiger partial charge in [0.15, 0.2) is 11.5 Å². The van der Waals surface area contributed by atoms with Crippen LogP contribution in [0.15, 0.2) is 71.7 Å². The predicted molar refractivity (Wildman–Crippen MR) is 145 cm³/mol. The Bertz CT molecular complexity index is 1480. The van der Waals surface area contributed by atoms with Gasteiger partial charge in [-0.15, -0.1) is 12.4 Å². The second kappa shape index (κ2) is 12.1. The van der Waals surface area contributed by atoms with Crippen LogP contribution in [0.3, 0.4) is 0 Å². The Morgan fingerprint density at radius 1 is 1.00 bits per heavy atom. The molecule has 0 saturated carbocycles. The summed E-state index contributed by atoms with van der Waals surface area (Å²) in [5.41, 5.74) is 0.764. The van der Waals surface area contributed by atoms with Crippen LogP contribution in [0.25, 0.3) is 28.9 Å². The predicted octanol–water partition coefficient (Wildman–Crippen LogP) is 5.92. The van der Waals surface area contributed by atoms with Gasteiger partial charge in [0.05, 0.1) is 23.9 Å². The van der Waals surface area contributed by atoms with E-state index in [0.717, 1.165) is 12.1 Å². The number of hydrogen-bond acceptors (Lipinski definition) is 5. The first-order chi connectivity index (χ1) is 17.7. The molecule has 2 heterocycles. The number of halogens is 4. The highest BCUT2D eigenvalue weighted by molar-refractivity contribution is 5.85. The number of aromatic nitrogens is 2. The van der Waals surface area contributed by atoms with Crippen LogP contribution in [0.1, 0.15) is 16.8 Å². The van der Waals surface area contributed by atoms with Crippen molar-refractivity contribution in [2.75, 3.05) is 34.4 Å².